The maximum atomic E-state index is 13.4. The number of nitrogens with one attached hydrogen (secondary N) is 1. The van der Waals surface area contributed by atoms with E-state index in [2.05, 4.69) is 26.1 Å². The standard InChI is InChI=1S/C32H43NO6S/c1-19(2)32(15-14-21-10-12-22(34)13-11-21)18-25(35)27(28(36)38-32)40-26-16-20(3)24(17-23(26)30(4,5)6)33-29(37)39-31(7,8)9/h10-13,16-17,19,34-35H,14-15,18H2,1-9H3,(H,33,37). The molecule has 0 radical (unpaired) electrons. The lowest BCUT2D eigenvalue weighted by atomic mass is 9.80. The molecule has 2 aromatic rings. The first-order valence-corrected chi connectivity index (χ1v) is 14.5. The molecule has 1 heterocycles. The van der Waals surface area contributed by atoms with Crippen molar-refractivity contribution in [2.45, 2.75) is 103 Å². The van der Waals surface area contributed by atoms with Gasteiger partial charge in [0.15, 0.2) is 0 Å². The minimum Gasteiger partial charge on any atom is -0.511 e. The van der Waals surface area contributed by atoms with Gasteiger partial charge in [0.2, 0.25) is 0 Å². The van der Waals surface area contributed by atoms with Crippen molar-refractivity contribution in [1.82, 2.24) is 0 Å². The first-order chi connectivity index (χ1) is 18.4. The Balaban J connectivity index is 1.90. The van der Waals surface area contributed by atoms with Crippen molar-refractivity contribution in [3.8, 4) is 5.75 Å². The number of carbonyl (C=O) groups is 2. The predicted molar refractivity (Wildman–Crippen MR) is 160 cm³/mol. The lowest BCUT2D eigenvalue weighted by Crippen LogP contribution is -2.44. The fourth-order valence-electron chi connectivity index (χ4n) is 4.63. The van der Waals surface area contributed by atoms with Gasteiger partial charge in [0.25, 0.3) is 0 Å². The summed E-state index contributed by atoms with van der Waals surface area (Å²) in [5, 5.41) is 23.6. The van der Waals surface area contributed by atoms with Crippen LogP contribution in [0.15, 0.2) is 52.0 Å². The van der Waals surface area contributed by atoms with E-state index in [4.69, 9.17) is 9.47 Å². The maximum absolute atomic E-state index is 13.4. The number of phenols is 1. The summed E-state index contributed by atoms with van der Waals surface area (Å²) >= 11 is 1.20. The molecule has 2 aromatic carbocycles. The Morgan fingerprint density at radius 3 is 2.25 bits per heavy atom. The number of aliphatic hydroxyl groups excluding tert-OH is 1. The van der Waals surface area contributed by atoms with Crippen molar-refractivity contribution in [1.29, 1.82) is 0 Å². The average molecular weight is 570 g/mol. The highest BCUT2D eigenvalue weighted by molar-refractivity contribution is 8.04. The van der Waals surface area contributed by atoms with Gasteiger partial charge < -0.3 is 19.7 Å². The number of cyclic esters (lactones) is 1. The smallest absolute Gasteiger partial charge is 0.412 e. The van der Waals surface area contributed by atoms with Crippen LogP contribution < -0.4 is 5.32 Å². The number of amides is 1. The number of aliphatic hydroxyl groups is 1. The molecule has 0 saturated heterocycles. The van der Waals surface area contributed by atoms with E-state index in [0.717, 1.165) is 21.6 Å². The Kier molecular flexibility index (Phi) is 9.24. The van der Waals surface area contributed by atoms with Crippen molar-refractivity contribution in [3.63, 3.8) is 0 Å². The fourth-order valence-corrected chi connectivity index (χ4v) is 5.87. The van der Waals surface area contributed by atoms with Gasteiger partial charge in [0.05, 0.1) is 0 Å². The zero-order valence-corrected chi connectivity index (χ0v) is 25.9. The maximum Gasteiger partial charge on any atom is 0.412 e. The van der Waals surface area contributed by atoms with Crippen LogP contribution in [0.25, 0.3) is 0 Å². The number of benzene rings is 2. The molecule has 0 aliphatic carbocycles. The van der Waals surface area contributed by atoms with Gasteiger partial charge in [-0.25, -0.2) is 9.59 Å². The monoisotopic (exact) mass is 569 g/mol. The highest BCUT2D eigenvalue weighted by Gasteiger charge is 2.44. The molecule has 1 atom stereocenters. The third-order valence-electron chi connectivity index (χ3n) is 7.02. The molecule has 0 spiro atoms. The molecular weight excluding hydrogens is 526 g/mol. The number of esters is 1. The molecule has 0 saturated carbocycles. The van der Waals surface area contributed by atoms with Crippen molar-refractivity contribution in [3.05, 3.63) is 63.8 Å². The third-order valence-corrected chi connectivity index (χ3v) is 8.18. The molecule has 1 amide bonds. The Bertz CT molecular complexity index is 1280. The normalized spacial score (nSPS) is 18.1. The lowest BCUT2D eigenvalue weighted by Gasteiger charge is -2.40. The van der Waals surface area contributed by atoms with Crippen LogP contribution in [0, 0.1) is 12.8 Å². The Labute approximate surface area is 242 Å². The highest BCUT2D eigenvalue weighted by atomic mass is 32.2. The number of thioether (sulfide) groups is 1. The Morgan fingerprint density at radius 1 is 1.10 bits per heavy atom. The number of hydrogen-bond donors (Lipinski definition) is 3. The molecule has 1 unspecified atom stereocenters. The predicted octanol–water partition coefficient (Wildman–Crippen LogP) is 8.18. The Morgan fingerprint density at radius 2 is 1.73 bits per heavy atom. The lowest BCUT2D eigenvalue weighted by molar-refractivity contribution is -0.164. The summed E-state index contributed by atoms with van der Waals surface area (Å²) in [6.45, 7) is 17.5. The van der Waals surface area contributed by atoms with E-state index < -0.39 is 23.3 Å². The van der Waals surface area contributed by atoms with Gasteiger partial charge >= 0.3 is 12.1 Å². The summed E-state index contributed by atoms with van der Waals surface area (Å²) in [5.74, 6) is -0.337. The molecule has 7 nitrogen and oxygen atoms in total. The van der Waals surface area contributed by atoms with E-state index in [1.165, 1.54) is 11.8 Å². The fraction of sp³-hybridized carbons (Fsp3) is 0.500. The van der Waals surface area contributed by atoms with E-state index in [1.807, 2.05) is 65.8 Å². The van der Waals surface area contributed by atoms with E-state index in [0.29, 0.717) is 18.5 Å². The summed E-state index contributed by atoms with van der Waals surface area (Å²) in [4.78, 5) is 26.8. The second-order valence-corrected chi connectivity index (χ2v) is 13.9. The first kappa shape index (κ1) is 31.4. The van der Waals surface area contributed by atoms with Crippen molar-refractivity contribution in [2.24, 2.45) is 5.92 Å². The minimum absolute atomic E-state index is 0.0205. The van der Waals surface area contributed by atoms with Gasteiger partial charge in [0.1, 0.15) is 27.6 Å². The van der Waals surface area contributed by atoms with E-state index in [1.54, 1.807) is 12.1 Å². The third kappa shape index (κ3) is 7.74. The highest BCUT2D eigenvalue weighted by Crippen LogP contribution is 2.46. The first-order valence-electron chi connectivity index (χ1n) is 13.7. The minimum atomic E-state index is -0.840. The topological polar surface area (TPSA) is 105 Å². The number of aromatic hydroxyl groups is 1. The molecule has 0 aromatic heterocycles. The van der Waals surface area contributed by atoms with Crippen LogP contribution in [0.5, 0.6) is 5.75 Å². The SMILES string of the molecule is Cc1cc(SC2=C(O)CC(CCc3ccc(O)cc3)(C(C)C)OC2=O)c(C(C)(C)C)cc1NC(=O)OC(C)(C)C. The average Bonchev–Trinajstić information content (AvgIpc) is 2.80. The van der Waals surface area contributed by atoms with Gasteiger partial charge in [0, 0.05) is 17.0 Å². The summed E-state index contributed by atoms with van der Waals surface area (Å²) in [6, 6.07) is 10.8. The van der Waals surface area contributed by atoms with Crippen molar-refractivity contribution >= 4 is 29.5 Å². The van der Waals surface area contributed by atoms with E-state index in [-0.39, 0.29) is 34.2 Å². The second-order valence-electron chi connectivity index (χ2n) is 12.9. The molecule has 0 bridgehead atoms. The van der Waals surface area contributed by atoms with Gasteiger partial charge in [-0.3, -0.25) is 5.32 Å². The number of aryl methyl sites for hydroxylation is 2. The van der Waals surface area contributed by atoms with Crippen molar-refractivity contribution < 1.29 is 29.3 Å². The summed E-state index contributed by atoms with van der Waals surface area (Å²) in [7, 11) is 0. The van der Waals surface area contributed by atoms with E-state index in [9.17, 15) is 19.8 Å². The largest absolute Gasteiger partial charge is 0.511 e. The molecular formula is C32H43NO6S. The van der Waals surface area contributed by atoms with Gasteiger partial charge in [-0.15, -0.1) is 0 Å². The molecule has 3 rings (SSSR count). The van der Waals surface area contributed by atoms with Crippen LogP contribution in [-0.4, -0.2) is 33.5 Å². The van der Waals surface area contributed by atoms with Gasteiger partial charge in [-0.05, 0) is 92.8 Å². The molecule has 1 aliphatic rings. The van der Waals surface area contributed by atoms with Gasteiger partial charge in [-0.1, -0.05) is 58.5 Å². The van der Waals surface area contributed by atoms with Crippen LogP contribution in [0.1, 0.15) is 84.9 Å². The number of carbonyl (C=O) groups excluding carboxylic acids is 2. The van der Waals surface area contributed by atoms with Crippen LogP contribution in [-0.2, 0) is 26.1 Å². The summed E-state index contributed by atoms with van der Waals surface area (Å²) in [6.07, 6.45) is 0.866. The van der Waals surface area contributed by atoms with E-state index >= 15 is 0 Å². The molecule has 0 fully saturated rings. The van der Waals surface area contributed by atoms with Crippen LogP contribution in [0.3, 0.4) is 0 Å². The van der Waals surface area contributed by atoms with Crippen LogP contribution in [0.4, 0.5) is 10.5 Å². The number of anilines is 1. The number of rotatable bonds is 7. The molecule has 1 aliphatic heterocycles. The van der Waals surface area contributed by atoms with Gasteiger partial charge in [-0.2, -0.15) is 0 Å². The van der Waals surface area contributed by atoms with Crippen LogP contribution in [0.2, 0.25) is 0 Å². The van der Waals surface area contributed by atoms with Crippen molar-refractivity contribution in [2.75, 3.05) is 5.32 Å². The molecule has 3 N–H and O–H groups in total. The van der Waals surface area contributed by atoms with Crippen LogP contribution >= 0.6 is 11.8 Å². The number of phenolic OH excluding ortho intramolecular Hbond substituents is 1. The second kappa shape index (κ2) is 11.8. The zero-order valence-electron chi connectivity index (χ0n) is 25.1. The number of ether oxygens (including phenoxy) is 2. The summed E-state index contributed by atoms with van der Waals surface area (Å²) in [5.41, 5.74) is 1.57. The number of hydrogen-bond acceptors (Lipinski definition) is 7. The summed E-state index contributed by atoms with van der Waals surface area (Å²) < 4.78 is 11.5. The Hall–Kier alpha value is -3.13. The molecule has 218 valence electrons. The zero-order chi connectivity index (χ0) is 30.0. The molecule has 8 heteroatoms. The molecule has 40 heavy (non-hydrogen) atoms. The quantitative estimate of drug-likeness (QED) is 0.289.